The number of rotatable bonds is 1. The molecule has 0 fully saturated rings. The standard InChI is InChI=1S/C12H17NO/c1-8(2)9-3-4-10-11(13)5-6-14-12(10)7-9/h3-4,7-8,11H,5-6,13H2,1-2H3/t11-/m1/s1. The summed E-state index contributed by atoms with van der Waals surface area (Å²) in [6.07, 6.45) is 0.925. The second-order valence-electron chi connectivity index (χ2n) is 4.20. The van der Waals surface area contributed by atoms with Gasteiger partial charge in [0.05, 0.1) is 6.61 Å². The van der Waals surface area contributed by atoms with Gasteiger partial charge in [-0.3, -0.25) is 0 Å². The van der Waals surface area contributed by atoms with Crippen LogP contribution in [-0.4, -0.2) is 6.61 Å². The maximum atomic E-state index is 5.99. The molecule has 0 aromatic heterocycles. The highest BCUT2D eigenvalue weighted by Crippen LogP contribution is 2.32. The van der Waals surface area contributed by atoms with Crippen molar-refractivity contribution < 1.29 is 4.74 Å². The third-order valence-corrected chi connectivity index (χ3v) is 2.79. The van der Waals surface area contributed by atoms with E-state index in [2.05, 4.69) is 32.0 Å². The van der Waals surface area contributed by atoms with E-state index >= 15 is 0 Å². The van der Waals surface area contributed by atoms with E-state index < -0.39 is 0 Å². The van der Waals surface area contributed by atoms with Gasteiger partial charge in [0.1, 0.15) is 5.75 Å². The molecule has 0 unspecified atom stereocenters. The van der Waals surface area contributed by atoms with Gasteiger partial charge in [-0.25, -0.2) is 0 Å². The molecule has 1 atom stereocenters. The molecule has 14 heavy (non-hydrogen) atoms. The van der Waals surface area contributed by atoms with Crippen LogP contribution in [0, 0.1) is 0 Å². The lowest BCUT2D eigenvalue weighted by molar-refractivity contribution is 0.268. The van der Waals surface area contributed by atoms with Gasteiger partial charge in [0.2, 0.25) is 0 Å². The van der Waals surface area contributed by atoms with Crippen LogP contribution in [0.3, 0.4) is 0 Å². The average molecular weight is 191 g/mol. The van der Waals surface area contributed by atoms with E-state index in [9.17, 15) is 0 Å². The lowest BCUT2D eigenvalue weighted by Crippen LogP contribution is -2.20. The highest BCUT2D eigenvalue weighted by molar-refractivity contribution is 5.41. The van der Waals surface area contributed by atoms with E-state index in [0.29, 0.717) is 5.92 Å². The highest BCUT2D eigenvalue weighted by atomic mass is 16.5. The van der Waals surface area contributed by atoms with Crippen LogP contribution in [-0.2, 0) is 0 Å². The van der Waals surface area contributed by atoms with Gasteiger partial charge in [-0.15, -0.1) is 0 Å². The molecule has 76 valence electrons. The normalized spacial score (nSPS) is 20.4. The first-order valence-corrected chi connectivity index (χ1v) is 5.20. The fourth-order valence-electron chi connectivity index (χ4n) is 1.79. The predicted molar refractivity (Wildman–Crippen MR) is 57.6 cm³/mol. The molecular weight excluding hydrogens is 174 g/mol. The van der Waals surface area contributed by atoms with Crippen LogP contribution in [0.2, 0.25) is 0 Å². The zero-order valence-electron chi connectivity index (χ0n) is 8.79. The molecule has 1 heterocycles. The summed E-state index contributed by atoms with van der Waals surface area (Å²) in [5, 5.41) is 0. The molecule has 1 aliphatic heterocycles. The predicted octanol–water partition coefficient (Wildman–Crippen LogP) is 2.59. The molecule has 1 aliphatic rings. The third kappa shape index (κ3) is 1.62. The average Bonchev–Trinajstić information content (AvgIpc) is 2.17. The van der Waals surface area contributed by atoms with Crippen molar-refractivity contribution in [2.75, 3.05) is 6.61 Å². The summed E-state index contributed by atoms with van der Waals surface area (Å²) < 4.78 is 5.60. The Hall–Kier alpha value is -1.02. The molecule has 2 N–H and O–H groups in total. The van der Waals surface area contributed by atoms with Gasteiger partial charge >= 0.3 is 0 Å². The van der Waals surface area contributed by atoms with E-state index in [1.165, 1.54) is 5.56 Å². The molecule has 1 aromatic carbocycles. The minimum atomic E-state index is 0.153. The van der Waals surface area contributed by atoms with E-state index in [0.717, 1.165) is 24.3 Å². The molecular formula is C12H17NO. The van der Waals surface area contributed by atoms with E-state index in [-0.39, 0.29) is 6.04 Å². The molecule has 0 amide bonds. The van der Waals surface area contributed by atoms with Crippen molar-refractivity contribution in [1.82, 2.24) is 0 Å². The summed E-state index contributed by atoms with van der Waals surface area (Å²) >= 11 is 0. The van der Waals surface area contributed by atoms with Gasteiger partial charge < -0.3 is 10.5 Å². The summed E-state index contributed by atoms with van der Waals surface area (Å²) in [6, 6.07) is 6.53. The molecule has 2 rings (SSSR count). The van der Waals surface area contributed by atoms with Crippen LogP contribution in [0.4, 0.5) is 0 Å². The minimum Gasteiger partial charge on any atom is -0.493 e. The molecule has 2 nitrogen and oxygen atoms in total. The zero-order chi connectivity index (χ0) is 10.1. The Morgan fingerprint density at radius 3 is 2.93 bits per heavy atom. The van der Waals surface area contributed by atoms with Crippen molar-refractivity contribution in [3.63, 3.8) is 0 Å². The number of benzene rings is 1. The molecule has 2 heteroatoms. The van der Waals surface area contributed by atoms with Crippen molar-refractivity contribution in [2.24, 2.45) is 5.73 Å². The Morgan fingerprint density at radius 1 is 1.43 bits per heavy atom. The van der Waals surface area contributed by atoms with Crippen LogP contribution in [0.15, 0.2) is 18.2 Å². The monoisotopic (exact) mass is 191 g/mol. The lowest BCUT2D eigenvalue weighted by atomic mass is 9.96. The number of hydrogen-bond donors (Lipinski definition) is 1. The minimum absolute atomic E-state index is 0.153. The van der Waals surface area contributed by atoms with Gasteiger partial charge in [-0.1, -0.05) is 26.0 Å². The summed E-state index contributed by atoms with van der Waals surface area (Å²) in [4.78, 5) is 0. The van der Waals surface area contributed by atoms with Crippen molar-refractivity contribution in [3.05, 3.63) is 29.3 Å². The first-order chi connectivity index (χ1) is 6.68. The van der Waals surface area contributed by atoms with E-state index in [1.54, 1.807) is 0 Å². The van der Waals surface area contributed by atoms with Crippen LogP contribution < -0.4 is 10.5 Å². The second kappa shape index (κ2) is 3.62. The maximum Gasteiger partial charge on any atom is 0.124 e. The second-order valence-corrected chi connectivity index (χ2v) is 4.20. The number of hydrogen-bond acceptors (Lipinski definition) is 2. The van der Waals surface area contributed by atoms with Crippen molar-refractivity contribution in [1.29, 1.82) is 0 Å². The van der Waals surface area contributed by atoms with Crippen molar-refractivity contribution >= 4 is 0 Å². The lowest BCUT2D eigenvalue weighted by Gasteiger charge is -2.23. The summed E-state index contributed by atoms with van der Waals surface area (Å²) in [5.41, 5.74) is 8.46. The van der Waals surface area contributed by atoms with Gasteiger partial charge in [0.25, 0.3) is 0 Å². The van der Waals surface area contributed by atoms with Crippen molar-refractivity contribution in [3.8, 4) is 5.75 Å². The van der Waals surface area contributed by atoms with Crippen molar-refractivity contribution in [2.45, 2.75) is 32.2 Å². The first kappa shape index (κ1) is 9.53. The topological polar surface area (TPSA) is 35.2 Å². The number of ether oxygens (including phenoxy) is 1. The van der Waals surface area contributed by atoms with E-state index in [4.69, 9.17) is 10.5 Å². The molecule has 1 aromatic rings. The van der Waals surface area contributed by atoms with Crippen LogP contribution in [0.1, 0.15) is 43.4 Å². The Labute approximate surface area is 85.1 Å². The quantitative estimate of drug-likeness (QED) is 0.740. The maximum absolute atomic E-state index is 5.99. The molecule has 0 saturated carbocycles. The first-order valence-electron chi connectivity index (χ1n) is 5.20. The molecule has 0 spiro atoms. The Kier molecular flexibility index (Phi) is 2.46. The smallest absolute Gasteiger partial charge is 0.124 e. The third-order valence-electron chi connectivity index (χ3n) is 2.79. The summed E-state index contributed by atoms with van der Waals surface area (Å²) in [7, 11) is 0. The summed E-state index contributed by atoms with van der Waals surface area (Å²) in [5.74, 6) is 1.53. The zero-order valence-corrected chi connectivity index (χ0v) is 8.79. The number of nitrogens with two attached hydrogens (primary N) is 1. The van der Waals surface area contributed by atoms with Crippen LogP contribution in [0.5, 0.6) is 5.75 Å². The Morgan fingerprint density at radius 2 is 2.21 bits per heavy atom. The van der Waals surface area contributed by atoms with Gasteiger partial charge in [0, 0.05) is 18.0 Å². The van der Waals surface area contributed by atoms with Gasteiger partial charge in [0.15, 0.2) is 0 Å². The van der Waals surface area contributed by atoms with Gasteiger partial charge in [-0.2, -0.15) is 0 Å². The largest absolute Gasteiger partial charge is 0.493 e. The highest BCUT2D eigenvalue weighted by Gasteiger charge is 2.18. The van der Waals surface area contributed by atoms with Crippen LogP contribution in [0.25, 0.3) is 0 Å². The Balaban J connectivity index is 2.39. The molecule has 0 radical (unpaired) electrons. The van der Waals surface area contributed by atoms with Gasteiger partial charge in [-0.05, 0) is 17.5 Å². The van der Waals surface area contributed by atoms with Crippen LogP contribution >= 0.6 is 0 Å². The molecule has 0 saturated heterocycles. The number of fused-ring (bicyclic) bond motifs is 1. The molecule has 0 aliphatic carbocycles. The summed E-state index contributed by atoms with van der Waals surface area (Å²) in [6.45, 7) is 5.12. The SMILES string of the molecule is CC(C)c1ccc2c(c1)OCC[C@H]2N. The molecule has 0 bridgehead atoms. The van der Waals surface area contributed by atoms with E-state index in [1.807, 2.05) is 0 Å². The fourth-order valence-corrected chi connectivity index (χ4v) is 1.79. The Bertz CT molecular complexity index is 333. The fraction of sp³-hybridized carbons (Fsp3) is 0.500.